The molecule has 0 fully saturated rings. The van der Waals surface area contributed by atoms with E-state index in [2.05, 4.69) is 180 Å². The SMILES string of the molecule is [C-]#[N+]/C(=C\c1cc(OCCC(C)C)c(/C=C/c2ccc(N(c3ccc4c(c3)C(C)(C)c3ccccc3-4)c3ccc4c(c3)C(C)(C)c3ccccc3-4)cc2)cc1OCCC(C)C)C(=O)O. The number of benzene rings is 6. The predicted octanol–water partition coefficient (Wildman–Crippen LogP) is 15.1. The fourth-order valence-electron chi connectivity index (χ4n) is 9.21. The van der Waals surface area contributed by atoms with Gasteiger partial charge in [-0.3, -0.25) is 4.79 Å². The lowest BCUT2D eigenvalue weighted by Gasteiger charge is -2.29. The minimum absolute atomic E-state index is 0.148. The summed E-state index contributed by atoms with van der Waals surface area (Å²) < 4.78 is 12.6. The normalized spacial score (nSPS) is 14.2. The first-order valence-electron chi connectivity index (χ1n) is 22.5. The first-order chi connectivity index (χ1) is 30.7. The van der Waals surface area contributed by atoms with E-state index in [-0.39, 0.29) is 16.5 Å². The minimum atomic E-state index is -1.28. The second kappa shape index (κ2) is 17.7. The summed E-state index contributed by atoms with van der Waals surface area (Å²) in [5, 5.41) is 9.71. The Morgan fingerprint density at radius 3 is 1.55 bits per heavy atom. The zero-order valence-corrected chi connectivity index (χ0v) is 38.3. The molecule has 2 aliphatic carbocycles. The highest BCUT2D eigenvalue weighted by molar-refractivity contribution is 5.95. The van der Waals surface area contributed by atoms with Crippen LogP contribution in [0.4, 0.5) is 17.1 Å². The number of hydrogen-bond donors (Lipinski definition) is 1. The van der Waals surface area contributed by atoms with Crippen molar-refractivity contribution in [3.8, 4) is 33.8 Å². The second-order valence-electron chi connectivity index (χ2n) is 19.0. The lowest BCUT2D eigenvalue weighted by molar-refractivity contribution is -0.132. The maximum Gasteiger partial charge on any atom is 0.333 e. The zero-order valence-electron chi connectivity index (χ0n) is 38.3. The molecule has 0 unspecified atom stereocenters. The maximum absolute atomic E-state index is 11.9. The predicted molar refractivity (Wildman–Crippen MR) is 264 cm³/mol. The number of ether oxygens (including phenoxy) is 2. The van der Waals surface area contributed by atoms with Crippen LogP contribution < -0.4 is 14.4 Å². The van der Waals surface area contributed by atoms with E-state index in [1.165, 1.54) is 50.6 Å². The van der Waals surface area contributed by atoms with Crippen LogP contribution >= 0.6 is 0 Å². The van der Waals surface area contributed by atoms with Crippen molar-refractivity contribution >= 4 is 41.3 Å². The lowest BCUT2D eigenvalue weighted by Crippen LogP contribution is -2.18. The largest absolute Gasteiger partial charge is 0.493 e. The van der Waals surface area contributed by atoms with Gasteiger partial charge < -0.3 is 19.5 Å². The van der Waals surface area contributed by atoms with Gasteiger partial charge in [-0.2, -0.15) is 0 Å². The standard InChI is InChI=1S/C58H58N2O4/c1-37(2)28-30-63-54-34-41(32-53(59-9)56(61)62)55(64-31-29-38(3)4)33-40(54)21-18-39-19-22-42(23-20-39)60(43-24-26-47-45-14-10-12-16-49(45)57(5,6)51(47)35-43)44-25-27-48-46-15-11-13-17-50(46)58(7,8)52(48)36-44/h10-27,32-38H,28-31H2,1-8H3,(H,61,62)/b21-18+,53-32-. The molecule has 64 heavy (non-hydrogen) atoms. The average Bonchev–Trinajstić information content (AvgIpc) is 3.64. The van der Waals surface area contributed by atoms with Crippen molar-refractivity contribution in [1.82, 2.24) is 0 Å². The highest BCUT2D eigenvalue weighted by atomic mass is 16.5. The summed E-state index contributed by atoms with van der Waals surface area (Å²) in [6.45, 7) is 26.3. The quantitative estimate of drug-likeness (QED) is 0.0634. The van der Waals surface area contributed by atoms with Crippen molar-refractivity contribution in [1.29, 1.82) is 0 Å². The van der Waals surface area contributed by atoms with E-state index in [0.717, 1.165) is 41.0 Å². The van der Waals surface area contributed by atoms with Gasteiger partial charge in [0, 0.05) is 39.0 Å². The van der Waals surface area contributed by atoms with E-state index in [0.29, 0.717) is 42.1 Å². The third kappa shape index (κ3) is 8.48. The summed E-state index contributed by atoms with van der Waals surface area (Å²) in [6, 6.07) is 43.8. The van der Waals surface area contributed by atoms with E-state index >= 15 is 0 Å². The molecular formula is C58H58N2O4. The highest BCUT2D eigenvalue weighted by Gasteiger charge is 2.37. The molecule has 0 aromatic heterocycles. The van der Waals surface area contributed by atoms with Crippen LogP contribution in [0.3, 0.4) is 0 Å². The Morgan fingerprint density at radius 1 is 0.609 bits per heavy atom. The summed E-state index contributed by atoms with van der Waals surface area (Å²) in [7, 11) is 0. The van der Waals surface area contributed by atoms with Gasteiger partial charge in [0.05, 0.1) is 19.8 Å². The van der Waals surface area contributed by atoms with Gasteiger partial charge in [-0.05, 0) is 129 Å². The third-order valence-electron chi connectivity index (χ3n) is 12.9. The van der Waals surface area contributed by atoms with Crippen molar-refractivity contribution in [3.63, 3.8) is 0 Å². The van der Waals surface area contributed by atoms with E-state index in [1.807, 2.05) is 12.1 Å². The summed E-state index contributed by atoms with van der Waals surface area (Å²) in [5.41, 5.74) is 15.4. The molecule has 0 atom stereocenters. The van der Waals surface area contributed by atoms with Crippen LogP contribution in [0, 0.1) is 18.4 Å². The first kappa shape index (κ1) is 43.8. The summed E-state index contributed by atoms with van der Waals surface area (Å²) >= 11 is 0. The minimum Gasteiger partial charge on any atom is -0.493 e. The number of anilines is 3. The molecule has 0 aliphatic heterocycles. The van der Waals surface area contributed by atoms with Crippen LogP contribution in [0.25, 0.3) is 45.3 Å². The average molecular weight is 847 g/mol. The van der Waals surface area contributed by atoms with Crippen LogP contribution in [-0.2, 0) is 15.6 Å². The van der Waals surface area contributed by atoms with Crippen LogP contribution in [0.15, 0.2) is 127 Å². The van der Waals surface area contributed by atoms with Crippen molar-refractivity contribution in [2.24, 2.45) is 11.8 Å². The van der Waals surface area contributed by atoms with Gasteiger partial charge in [-0.25, -0.2) is 4.85 Å². The van der Waals surface area contributed by atoms with Crippen molar-refractivity contribution in [2.75, 3.05) is 18.1 Å². The van der Waals surface area contributed by atoms with Gasteiger partial charge in [0.15, 0.2) is 0 Å². The van der Waals surface area contributed by atoms with Gasteiger partial charge in [0.25, 0.3) is 5.70 Å². The molecule has 0 amide bonds. The van der Waals surface area contributed by atoms with Gasteiger partial charge >= 0.3 is 5.97 Å². The molecule has 0 radical (unpaired) electrons. The molecule has 1 N–H and O–H groups in total. The van der Waals surface area contributed by atoms with Crippen LogP contribution in [0.2, 0.25) is 0 Å². The van der Waals surface area contributed by atoms with Crippen molar-refractivity contribution in [3.05, 3.63) is 177 Å². The molecule has 0 saturated carbocycles. The lowest BCUT2D eigenvalue weighted by atomic mass is 9.82. The number of rotatable bonds is 15. The molecule has 6 heteroatoms. The molecule has 6 nitrogen and oxygen atoms in total. The number of hydrogen-bond acceptors (Lipinski definition) is 4. The van der Waals surface area contributed by atoms with E-state index < -0.39 is 5.97 Å². The molecule has 2 aliphatic rings. The van der Waals surface area contributed by atoms with Crippen LogP contribution in [0.1, 0.15) is 107 Å². The maximum atomic E-state index is 11.9. The van der Waals surface area contributed by atoms with E-state index in [1.54, 1.807) is 6.07 Å². The van der Waals surface area contributed by atoms with E-state index in [9.17, 15) is 9.90 Å². The van der Waals surface area contributed by atoms with Crippen molar-refractivity contribution in [2.45, 2.75) is 79.1 Å². The summed E-state index contributed by atoms with van der Waals surface area (Å²) in [6.07, 6.45) is 7.14. The Morgan fingerprint density at radius 2 is 1.06 bits per heavy atom. The Kier molecular flexibility index (Phi) is 12.1. The Balaban J connectivity index is 1.19. The van der Waals surface area contributed by atoms with E-state index in [4.69, 9.17) is 16.0 Å². The second-order valence-corrected chi connectivity index (χ2v) is 19.0. The van der Waals surface area contributed by atoms with Gasteiger partial charge in [0.2, 0.25) is 0 Å². The molecule has 6 aromatic rings. The Labute approximate surface area is 379 Å². The first-order valence-corrected chi connectivity index (χ1v) is 22.5. The monoisotopic (exact) mass is 846 g/mol. The van der Waals surface area contributed by atoms with Gasteiger partial charge in [0.1, 0.15) is 11.5 Å². The molecule has 0 heterocycles. The third-order valence-corrected chi connectivity index (χ3v) is 12.9. The molecule has 6 aromatic carbocycles. The number of nitrogens with zero attached hydrogens (tertiary/aromatic N) is 2. The number of fused-ring (bicyclic) bond motifs is 6. The number of carboxylic acids is 1. The molecule has 0 bridgehead atoms. The number of carbonyl (C=O) groups is 1. The zero-order chi connectivity index (χ0) is 45.3. The highest BCUT2D eigenvalue weighted by Crippen LogP contribution is 2.53. The molecule has 8 rings (SSSR count). The Hall–Kier alpha value is -6.84. The Bertz CT molecular complexity index is 2730. The molecule has 0 saturated heterocycles. The molecular weight excluding hydrogens is 789 g/mol. The molecule has 324 valence electrons. The van der Waals surface area contributed by atoms with Crippen LogP contribution in [-0.4, -0.2) is 24.3 Å². The topological polar surface area (TPSA) is 63.4 Å². The van der Waals surface area contributed by atoms with Gasteiger partial charge in [-0.15, -0.1) is 0 Å². The number of carboxylic acid groups (broad SMARTS) is 1. The van der Waals surface area contributed by atoms with Crippen LogP contribution in [0.5, 0.6) is 11.5 Å². The fraction of sp³-hybridized carbons (Fsp3) is 0.276. The summed E-state index contributed by atoms with van der Waals surface area (Å²) in [4.78, 5) is 17.5. The smallest absolute Gasteiger partial charge is 0.333 e. The van der Waals surface area contributed by atoms with Gasteiger partial charge in [-0.1, -0.05) is 140 Å². The van der Waals surface area contributed by atoms with Crippen molar-refractivity contribution < 1.29 is 19.4 Å². The number of aliphatic carboxylic acids is 1. The fourth-order valence-corrected chi connectivity index (χ4v) is 9.21. The molecule has 0 spiro atoms. The summed E-state index contributed by atoms with van der Waals surface area (Å²) in [5.74, 6) is 0.681.